The van der Waals surface area contributed by atoms with E-state index in [0.717, 1.165) is 22.4 Å². The molecule has 2 aromatic carbocycles. The minimum Gasteiger partial charge on any atom is -0.384 e. The van der Waals surface area contributed by atoms with Gasteiger partial charge in [0.2, 0.25) is 5.91 Å². The van der Waals surface area contributed by atoms with Gasteiger partial charge in [0, 0.05) is 34.1 Å². The van der Waals surface area contributed by atoms with Gasteiger partial charge in [0.25, 0.3) is 5.91 Å². The van der Waals surface area contributed by atoms with Crippen LogP contribution in [0, 0.1) is 6.92 Å². The highest BCUT2D eigenvalue weighted by Gasteiger charge is 2.37. The fraction of sp³-hybridized carbons (Fsp3) is 0.348. The minimum atomic E-state index is -0.675. The molecule has 8 heteroatoms. The SMILES string of the molecule is CCN1CN(C(=O)c2ccc(C3=NOC(C)(c4cc(Cl)cc(Cl)c4)C3)cc2C)CC1=O. The van der Waals surface area contributed by atoms with Crippen molar-refractivity contribution >= 4 is 40.7 Å². The number of nitrogens with zero attached hydrogens (tertiary/aromatic N) is 3. The highest BCUT2D eigenvalue weighted by Crippen LogP contribution is 2.38. The van der Waals surface area contributed by atoms with Crippen LogP contribution >= 0.6 is 23.2 Å². The number of hydrogen-bond acceptors (Lipinski definition) is 4. The molecule has 0 aliphatic carbocycles. The van der Waals surface area contributed by atoms with Gasteiger partial charge in [-0.3, -0.25) is 9.59 Å². The number of likely N-dealkylation sites (N-methyl/N-ethyl adjacent to an activating group) is 1. The van der Waals surface area contributed by atoms with Crippen molar-refractivity contribution in [3.8, 4) is 0 Å². The Labute approximate surface area is 191 Å². The quantitative estimate of drug-likeness (QED) is 0.670. The molecule has 2 heterocycles. The third-order valence-corrected chi connectivity index (χ3v) is 6.25. The molecule has 1 atom stereocenters. The lowest BCUT2D eigenvalue weighted by atomic mass is 9.88. The van der Waals surface area contributed by atoms with E-state index >= 15 is 0 Å². The van der Waals surface area contributed by atoms with Gasteiger partial charge in [0.1, 0.15) is 6.54 Å². The molecular formula is C23H23Cl2N3O3. The zero-order valence-corrected chi connectivity index (χ0v) is 19.1. The summed E-state index contributed by atoms with van der Waals surface area (Å²) in [6.45, 7) is 6.78. The first kappa shape index (κ1) is 21.7. The highest BCUT2D eigenvalue weighted by molar-refractivity contribution is 6.34. The van der Waals surface area contributed by atoms with E-state index in [1.807, 2.05) is 45.0 Å². The van der Waals surface area contributed by atoms with Crippen molar-refractivity contribution in [1.82, 2.24) is 9.80 Å². The predicted octanol–water partition coefficient (Wildman–Crippen LogP) is 4.60. The van der Waals surface area contributed by atoms with Gasteiger partial charge in [-0.1, -0.05) is 34.4 Å². The van der Waals surface area contributed by atoms with Gasteiger partial charge in [-0.05, 0) is 62.2 Å². The Bertz CT molecular complexity index is 1080. The second-order valence-corrected chi connectivity index (χ2v) is 8.99. The average molecular weight is 460 g/mol. The molecular weight excluding hydrogens is 437 g/mol. The van der Waals surface area contributed by atoms with E-state index in [0.29, 0.717) is 35.2 Å². The van der Waals surface area contributed by atoms with Crippen LogP contribution in [0.2, 0.25) is 10.0 Å². The van der Waals surface area contributed by atoms with E-state index in [4.69, 9.17) is 28.0 Å². The van der Waals surface area contributed by atoms with Gasteiger partial charge in [0.05, 0.1) is 12.4 Å². The number of halogens is 2. The lowest BCUT2D eigenvalue weighted by molar-refractivity contribution is -0.126. The van der Waals surface area contributed by atoms with Gasteiger partial charge in [-0.15, -0.1) is 0 Å². The normalized spacial score (nSPS) is 20.8. The summed E-state index contributed by atoms with van der Waals surface area (Å²) in [5.41, 5.74) is 3.26. The maximum Gasteiger partial charge on any atom is 0.256 e. The van der Waals surface area contributed by atoms with Crippen LogP contribution in [0.4, 0.5) is 0 Å². The summed E-state index contributed by atoms with van der Waals surface area (Å²) in [7, 11) is 0. The summed E-state index contributed by atoms with van der Waals surface area (Å²) in [6.07, 6.45) is 0.544. The fourth-order valence-electron chi connectivity index (χ4n) is 3.97. The molecule has 1 unspecified atom stereocenters. The molecule has 2 aliphatic rings. The Morgan fingerprint density at radius 1 is 1.19 bits per heavy atom. The topological polar surface area (TPSA) is 62.2 Å². The fourth-order valence-corrected chi connectivity index (χ4v) is 4.50. The van der Waals surface area contributed by atoms with Crippen LogP contribution in [-0.2, 0) is 15.2 Å². The zero-order chi connectivity index (χ0) is 22.3. The number of amides is 2. The Hall–Kier alpha value is -2.57. The molecule has 1 fully saturated rings. The van der Waals surface area contributed by atoms with Crippen LogP contribution in [-0.4, -0.2) is 47.1 Å². The van der Waals surface area contributed by atoms with Crippen LogP contribution in [0.5, 0.6) is 0 Å². The molecule has 0 N–H and O–H groups in total. The lowest BCUT2D eigenvalue weighted by Gasteiger charge is -2.22. The average Bonchev–Trinajstić information content (AvgIpc) is 3.30. The van der Waals surface area contributed by atoms with Crippen LogP contribution in [0.3, 0.4) is 0 Å². The zero-order valence-electron chi connectivity index (χ0n) is 17.6. The second-order valence-electron chi connectivity index (χ2n) is 8.12. The Kier molecular flexibility index (Phi) is 5.71. The van der Waals surface area contributed by atoms with Crippen molar-refractivity contribution < 1.29 is 14.4 Å². The smallest absolute Gasteiger partial charge is 0.256 e. The van der Waals surface area contributed by atoms with Crippen molar-refractivity contribution in [1.29, 1.82) is 0 Å². The lowest BCUT2D eigenvalue weighted by Crippen LogP contribution is -2.31. The van der Waals surface area contributed by atoms with E-state index in [9.17, 15) is 9.59 Å². The van der Waals surface area contributed by atoms with Crippen LogP contribution in [0.15, 0.2) is 41.6 Å². The number of oxime groups is 1. The van der Waals surface area contributed by atoms with E-state index in [-0.39, 0.29) is 18.4 Å². The first-order valence-electron chi connectivity index (χ1n) is 10.1. The predicted molar refractivity (Wildman–Crippen MR) is 121 cm³/mol. The van der Waals surface area contributed by atoms with Crippen LogP contribution < -0.4 is 0 Å². The third-order valence-electron chi connectivity index (χ3n) is 5.81. The molecule has 0 aromatic heterocycles. The van der Waals surface area contributed by atoms with Gasteiger partial charge >= 0.3 is 0 Å². The number of rotatable bonds is 4. The van der Waals surface area contributed by atoms with E-state index in [1.54, 1.807) is 21.9 Å². The number of benzene rings is 2. The molecule has 31 heavy (non-hydrogen) atoms. The number of carbonyl (C=O) groups is 2. The summed E-state index contributed by atoms with van der Waals surface area (Å²) in [6, 6.07) is 10.9. The van der Waals surface area contributed by atoms with E-state index in [2.05, 4.69) is 5.16 Å². The molecule has 2 amide bonds. The highest BCUT2D eigenvalue weighted by atomic mass is 35.5. The van der Waals surface area contributed by atoms with E-state index in [1.165, 1.54) is 0 Å². The molecule has 0 radical (unpaired) electrons. The Balaban J connectivity index is 1.52. The standard InChI is InChI=1S/C23H23Cl2N3O3/c1-4-27-13-28(12-21(27)29)22(30)19-6-5-15(7-14(19)2)20-11-23(3,31-26-20)16-8-17(24)10-18(25)9-16/h5-10H,4,11-13H2,1-3H3. The number of hydrogen-bond donors (Lipinski definition) is 0. The van der Waals surface area contributed by atoms with Crippen molar-refractivity contribution in [2.24, 2.45) is 5.16 Å². The monoisotopic (exact) mass is 459 g/mol. The summed E-state index contributed by atoms with van der Waals surface area (Å²) < 4.78 is 0. The molecule has 0 saturated carbocycles. The number of aryl methyl sites for hydroxylation is 1. The molecule has 2 aliphatic heterocycles. The molecule has 0 bridgehead atoms. The van der Waals surface area contributed by atoms with Crippen molar-refractivity contribution in [2.75, 3.05) is 19.8 Å². The second kappa shape index (κ2) is 8.17. The van der Waals surface area contributed by atoms with Crippen LogP contribution in [0.25, 0.3) is 0 Å². The van der Waals surface area contributed by atoms with Crippen molar-refractivity contribution in [2.45, 2.75) is 32.8 Å². The summed E-state index contributed by atoms with van der Waals surface area (Å²) in [5.74, 6) is -0.167. The van der Waals surface area contributed by atoms with Gasteiger partial charge in [-0.25, -0.2) is 0 Å². The molecule has 1 saturated heterocycles. The summed E-state index contributed by atoms with van der Waals surface area (Å²) in [5, 5.41) is 5.39. The van der Waals surface area contributed by atoms with Gasteiger partial charge in [0.15, 0.2) is 5.60 Å². The molecule has 6 nitrogen and oxygen atoms in total. The molecule has 2 aromatic rings. The Morgan fingerprint density at radius 3 is 2.52 bits per heavy atom. The maximum atomic E-state index is 12.9. The minimum absolute atomic E-state index is 0.0250. The first-order valence-corrected chi connectivity index (χ1v) is 10.9. The largest absolute Gasteiger partial charge is 0.384 e. The van der Waals surface area contributed by atoms with Gasteiger partial charge in [-0.2, -0.15) is 0 Å². The molecule has 4 rings (SSSR count). The van der Waals surface area contributed by atoms with Crippen LogP contribution in [0.1, 0.15) is 47.3 Å². The molecule has 162 valence electrons. The van der Waals surface area contributed by atoms with Crippen molar-refractivity contribution in [3.05, 3.63) is 68.7 Å². The first-order chi connectivity index (χ1) is 14.7. The maximum absolute atomic E-state index is 12.9. The number of carbonyl (C=O) groups excluding carboxylic acids is 2. The van der Waals surface area contributed by atoms with Gasteiger partial charge < -0.3 is 14.6 Å². The summed E-state index contributed by atoms with van der Waals surface area (Å²) in [4.78, 5) is 33.9. The summed E-state index contributed by atoms with van der Waals surface area (Å²) >= 11 is 12.3. The van der Waals surface area contributed by atoms with E-state index < -0.39 is 5.60 Å². The Morgan fingerprint density at radius 2 is 1.90 bits per heavy atom. The van der Waals surface area contributed by atoms with Crippen molar-refractivity contribution in [3.63, 3.8) is 0 Å². The molecule has 0 spiro atoms. The third kappa shape index (κ3) is 4.14.